The third kappa shape index (κ3) is 5.54. The predicted molar refractivity (Wildman–Crippen MR) is 119 cm³/mol. The minimum Gasteiger partial charge on any atom is -0.493 e. The predicted octanol–water partition coefficient (Wildman–Crippen LogP) is 5.16. The number of nitriles is 1. The summed E-state index contributed by atoms with van der Waals surface area (Å²) in [6.07, 6.45) is 6.24. The summed E-state index contributed by atoms with van der Waals surface area (Å²) in [5.74, 6) is 1.97. The molecule has 0 aliphatic rings. The largest absolute Gasteiger partial charge is 0.493 e. The van der Waals surface area contributed by atoms with Crippen LogP contribution in [0.1, 0.15) is 45.1 Å². The van der Waals surface area contributed by atoms with E-state index in [1.165, 1.54) is 11.8 Å². The van der Waals surface area contributed by atoms with Gasteiger partial charge in [0.25, 0.3) is 0 Å². The van der Waals surface area contributed by atoms with Crippen LogP contribution in [-0.2, 0) is 0 Å². The molecule has 0 spiro atoms. The van der Waals surface area contributed by atoms with E-state index >= 15 is 0 Å². The molecule has 156 valence electrons. The first kappa shape index (κ1) is 22.8. The Bertz CT molecular complexity index is 843. The normalized spacial score (nSPS) is 10.5. The van der Waals surface area contributed by atoms with E-state index in [4.69, 9.17) is 14.5 Å². The summed E-state index contributed by atoms with van der Waals surface area (Å²) < 4.78 is 10.8. The number of benzene rings is 1. The van der Waals surface area contributed by atoms with E-state index in [0.29, 0.717) is 27.9 Å². The van der Waals surface area contributed by atoms with Crippen molar-refractivity contribution < 1.29 is 9.47 Å². The van der Waals surface area contributed by atoms with Crippen LogP contribution in [0.2, 0.25) is 0 Å². The van der Waals surface area contributed by atoms with Gasteiger partial charge in [-0.25, -0.2) is 9.97 Å². The van der Waals surface area contributed by atoms with Gasteiger partial charge in [0.2, 0.25) is 0 Å². The van der Waals surface area contributed by atoms with Gasteiger partial charge in [-0.05, 0) is 37.3 Å². The third-order valence-electron chi connectivity index (χ3n) is 4.68. The Hall–Kier alpha value is -2.46. The molecule has 2 aromatic rings. The molecule has 29 heavy (non-hydrogen) atoms. The Morgan fingerprint density at radius 2 is 1.69 bits per heavy atom. The van der Waals surface area contributed by atoms with Gasteiger partial charge in [-0.3, -0.25) is 0 Å². The molecule has 0 N–H and O–H groups in total. The summed E-state index contributed by atoms with van der Waals surface area (Å²) in [5, 5.41) is 10.7. The highest BCUT2D eigenvalue weighted by Crippen LogP contribution is 2.36. The molecule has 7 heteroatoms. The molecule has 0 fully saturated rings. The summed E-state index contributed by atoms with van der Waals surface area (Å²) in [7, 11) is 3.20. The number of thioether (sulfide) groups is 1. The lowest BCUT2D eigenvalue weighted by Crippen LogP contribution is -2.28. The lowest BCUT2D eigenvalue weighted by molar-refractivity contribution is 0.355. The van der Waals surface area contributed by atoms with Crippen molar-refractivity contribution in [2.75, 3.05) is 38.5 Å². The van der Waals surface area contributed by atoms with Crippen LogP contribution < -0.4 is 14.4 Å². The van der Waals surface area contributed by atoms with Crippen molar-refractivity contribution in [1.29, 1.82) is 5.26 Å². The molecule has 0 bridgehead atoms. The molecule has 0 amide bonds. The second-order valence-electron chi connectivity index (χ2n) is 6.63. The maximum atomic E-state index is 10.0. The van der Waals surface area contributed by atoms with Crippen molar-refractivity contribution in [3.63, 3.8) is 0 Å². The van der Waals surface area contributed by atoms with Gasteiger partial charge in [-0.15, -0.1) is 0 Å². The third-order valence-corrected chi connectivity index (χ3v) is 5.23. The van der Waals surface area contributed by atoms with E-state index in [9.17, 15) is 5.26 Å². The number of methoxy groups -OCH3 is 2. The zero-order chi connectivity index (χ0) is 21.2. The average Bonchev–Trinajstić information content (AvgIpc) is 2.77. The van der Waals surface area contributed by atoms with Crippen LogP contribution in [0.5, 0.6) is 11.5 Å². The zero-order valence-electron chi connectivity index (χ0n) is 18.0. The Kier molecular flexibility index (Phi) is 9.07. The quantitative estimate of drug-likeness (QED) is 0.371. The van der Waals surface area contributed by atoms with Gasteiger partial charge in [0, 0.05) is 18.7 Å². The first-order chi connectivity index (χ1) is 14.1. The summed E-state index contributed by atoms with van der Waals surface area (Å²) in [6, 6.07) is 7.96. The number of nitrogens with zero attached hydrogens (tertiary/aromatic N) is 4. The van der Waals surface area contributed by atoms with Crippen molar-refractivity contribution in [2.45, 2.75) is 44.7 Å². The topological polar surface area (TPSA) is 71.3 Å². The van der Waals surface area contributed by atoms with Gasteiger partial charge >= 0.3 is 0 Å². The number of hydrogen-bond acceptors (Lipinski definition) is 7. The first-order valence-corrected chi connectivity index (χ1v) is 11.2. The first-order valence-electron chi connectivity index (χ1n) is 9.96. The molecule has 1 aromatic carbocycles. The van der Waals surface area contributed by atoms with Gasteiger partial charge in [-0.2, -0.15) is 5.26 Å². The molecule has 0 atom stereocenters. The number of anilines is 1. The molecule has 2 rings (SSSR count). The van der Waals surface area contributed by atoms with E-state index < -0.39 is 0 Å². The maximum absolute atomic E-state index is 10.0. The van der Waals surface area contributed by atoms with Gasteiger partial charge in [0.1, 0.15) is 11.6 Å². The summed E-state index contributed by atoms with van der Waals surface area (Å²) >= 11 is 1.48. The zero-order valence-corrected chi connectivity index (χ0v) is 18.8. The van der Waals surface area contributed by atoms with Crippen molar-refractivity contribution in [3.05, 3.63) is 23.8 Å². The minimum atomic E-state index is 0.502. The molecule has 1 aromatic heterocycles. The molecule has 0 aliphatic carbocycles. The van der Waals surface area contributed by atoms with Crippen LogP contribution in [0.3, 0.4) is 0 Å². The fourth-order valence-corrected chi connectivity index (χ4v) is 3.43. The standard InChI is InChI=1S/C22H30N4O2S/c1-6-8-12-26(13-9-7-2)21-17(15-23)20(24-22(25-21)29-5)16-10-11-18(27-3)19(14-16)28-4/h10-11,14H,6-9,12-13H2,1-5H3. The van der Waals surface area contributed by atoms with E-state index in [2.05, 4.69) is 29.8 Å². The number of aromatic nitrogens is 2. The number of hydrogen-bond donors (Lipinski definition) is 0. The van der Waals surface area contributed by atoms with E-state index in [1.54, 1.807) is 14.2 Å². The van der Waals surface area contributed by atoms with Crippen molar-refractivity contribution in [2.24, 2.45) is 0 Å². The number of unbranched alkanes of at least 4 members (excludes halogenated alkanes) is 2. The Morgan fingerprint density at radius 3 is 2.21 bits per heavy atom. The lowest BCUT2D eigenvalue weighted by Gasteiger charge is -2.25. The van der Waals surface area contributed by atoms with Crippen molar-refractivity contribution in [3.8, 4) is 28.8 Å². The Labute approximate surface area is 178 Å². The molecular weight excluding hydrogens is 384 g/mol. The lowest BCUT2D eigenvalue weighted by atomic mass is 10.1. The van der Waals surface area contributed by atoms with Crippen LogP contribution in [0.15, 0.2) is 23.4 Å². The molecule has 1 heterocycles. The van der Waals surface area contributed by atoms with E-state index in [1.807, 2.05) is 24.5 Å². The fourth-order valence-electron chi connectivity index (χ4n) is 3.07. The Balaban J connectivity index is 2.64. The highest BCUT2D eigenvalue weighted by Gasteiger charge is 2.21. The van der Waals surface area contributed by atoms with Crippen molar-refractivity contribution in [1.82, 2.24) is 9.97 Å². The van der Waals surface area contributed by atoms with Gasteiger partial charge < -0.3 is 14.4 Å². The maximum Gasteiger partial charge on any atom is 0.189 e. The average molecular weight is 415 g/mol. The van der Waals surface area contributed by atoms with Gasteiger partial charge in [0.05, 0.1) is 19.9 Å². The van der Waals surface area contributed by atoms with Crippen LogP contribution in [0.25, 0.3) is 11.3 Å². The van der Waals surface area contributed by atoms with Gasteiger partial charge in [-0.1, -0.05) is 38.5 Å². The van der Waals surface area contributed by atoms with E-state index in [-0.39, 0.29) is 0 Å². The SMILES string of the molecule is CCCCN(CCCC)c1nc(SC)nc(-c2ccc(OC)c(OC)c2)c1C#N. The van der Waals surface area contributed by atoms with E-state index in [0.717, 1.165) is 50.2 Å². The fraction of sp³-hybridized carbons (Fsp3) is 0.500. The smallest absolute Gasteiger partial charge is 0.189 e. The van der Waals surface area contributed by atoms with Crippen LogP contribution >= 0.6 is 11.8 Å². The van der Waals surface area contributed by atoms with Crippen LogP contribution in [0, 0.1) is 11.3 Å². The molecular formula is C22H30N4O2S. The second kappa shape index (κ2) is 11.5. The minimum absolute atomic E-state index is 0.502. The second-order valence-corrected chi connectivity index (χ2v) is 7.41. The molecule has 0 aliphatic heterocycles. The molecule has 0 saturated heterocycles. The summed E-state index contributed by atoms with van der Waals surface area (Å²) in [4.78, 5) is 11.6. The molecule has 6 nitrogen and oxygen atoms in total. The van der Waals surface area contributed by atoms with Gasteiger partial charge in [0.15, 0.2) is 22.5 Å². The van der Waals surface area contributed by atoms with Crippen LogP contribution in [-0.4, -0.2) is 43.5 Å². The highest BCUT2D eigenvalue weighted by atomic mass is 32.2. The highest BCUT2D eigenvalue weighted by molar-refractivity contribution is 7.98. The monoisotopic (exact) mass is 414 g/mol. The summed E-state index contributed by atoms with van der Waals surface area (Å²) in [6.45, 7) is 6.10. The summed E-state index contributed by atoms with van der Waals surface area (Å²) in [5.41, 5.74) is 1.94. The number of ether oxygens (including phenoxy) is 2. The molecule has 0 saturated carbocycles. The molecule has 0 radical (unpaired) electrons. The number of rotatable bonds is 11. The van der Waals surface area contributed by atoms with Crippen LogP contribution in [0.4, 0.5) is 5.82 Å². The Morgan fingerprint density at radius 1 is 1.03 bits per heavy atom. The van der Waals surface area contributed by atoms with Crippen molar-refractivity contribution >= 4 is 17.6 Å². The molecule has 0 unspecified atom stereocenters.